The lowest BCUT2D eigenvalue weighted by Gasteiger charge is -2.36. The molecule has 0 radical (unpaired) electrons. The lowest BCUT2D eigenvalue weighted by atomic mass is 9.82. The number of hydrogen-bond donors (Lipinski definition) is 1. The monoisotopic (exact) mass is 738 g/mol. The first-order valence-electron chi connectivity index (χ1n) is 19.3. The van der Waals surface area contributed by atoms with Crippen LogP contribution in [0.1, 0.15) is 59.7 Å². The summed E-state index contributed by atoms with van der Waals surface area (Å²) < 4.78 is 2.40. The van der Waals surface area contributed by atoms with E-state index in [-0.39, 0.29) is 23.5 Å². The van der Waals surface area contributed by atoms with E-state index in [1.54, 1.807) is 0 Å². The molecule has 7 aromatic rings. The topological polar surface area (TPSA) is 74.6 Å². The Hall–Kier alpha value is -6.55. The maximum Gasteiger partial charge on any atom is 0.0988 e. The van der Waals surface area contributed by atoms with Gasteiger partial charge in [0.15, 0.2) is 0 Å². The molecular formula is C50H36N5S-. The van der Waals surface area contributed by atoms with Crippen LogP contribution in [0.3, 0.4) is 0 Å². The van der Waals surface area contributed by atoms with E-state index in [0.717, 1.165) is 16.8 Å². The molecule has 0 fully saturated rings. The molecule has 6 aromatic carbocycles. The molecule has 3 atom stereocenters. The Morgan fingerprint density at radius 3 is 2.43 bits per heavy atom. The number of rotatable bonds is 4. The van der Waals surface area contributed by atoms with Gasteiger partial charge in [-0.05, 0) is 75.2 Å². The minimum atomic E-state index is -0.385. The van der Waals surface area contributed by atoms with Gasteiger partial charge in [0.25, 0.3) is 0 Å². The summed E-state index contributed by atoms with van der Waals surface area (Å²) >= 11 is 1.81. The van der Waals surface area contributed by atoms with Crippen LogP contribution < -0.4 is 5.32 Å². The van der Waals surface area contributed by atoms with Gasteiger partial charge in [-0.1, -0.05) is 141 Å². The summed E-state index contributed by atoms with van der Waals surface area (Å²) in [5, 5.41) is 21.2. The molecule has 268 valence electrons. The van der Waals surface area contributed by atoms with Crippen LogP contribution in [0, 0.1) is 17.2 Å². The van der Waals surface area contributed by atoms with Crippen molar-refractivity contribution in [3.8, 4) is 28.3 Å². The third-order valence-electron chi connectivity index (χ3n) is 12.1. The van der Waals surface area contributed by atoms with E-state index in [1.165, 1.54) is 64.7 Å². The zero-order chi connectivity index (χ0) is 37.5. The van der Waals surface area contributed by atoms with Crippen LogP contribution in [0.25, 0.3) is 47.7 Å². The molecule has 3 unspecified atom stereocenters. The van der Waals surface area contributed by atoms with Gasteiger partial charge in [-0.2, -0.15) is 5.26 Å². The van der Waals surface area contributed by atoms with Crippen molar-refractivity contribution >= 4 is 48.9 Å². The number of aliphatic imine (C=N–C) groups is 2. The fourth-order valence-electron chi connectivity index (χ4n) is 9.28. The number of anilines is 1. The van der Waals surface area contributed by atoms with E-state index in [0.29, 0.717) is 23.7 Å². The standard InChI is InChI=1S/C50H36N5S/c1-50(2)39-17-8-6-13-33(39)38-27-32(23-25-40(38)50)48-53-47(31-21-19-29(28-51)20-22-31)54-49(55-48)37-16-10-15-36-44-42(56-46(36)37)26-24-35-43(44)34-14-7-9-18-41(34)52-45(35)30-11-4-3-5-12-30/h3-21,23-27,31,45,47,52H,22H2,1-2H3/q-1. The third-order valence-corrected chi connectivity index (χ3v) is 13.3. The van der Waals surface area contributed by atoms with Crippen LogP contribution >= 0.6 is 11.3 Å². The number of nitrogens with one attached hydrogen (secondary N) is 1. The van der Waals surface area contributed by atoms with Gasteiger partial charge in [0.1, 0.15) is 0 Å². The Kier molecular flexibility index (Phi) is 7.33. The highest BCUT2D eigenvalue weighted by Crippen LogP contribution is 2.51. The number of benzene rings is 6. The SMILES string of the molecule is CC1(C)c2ccccc2-c2cc(C3=NC(c4cccc5c4sc4ccc6c(c45)-c4ccccc4NC6c4ccccc4)=NC(C4C=CC(C#N)=CC4)[N-]3)ccc21. The lowest BCUT2D eigenvalue weighted by molar-refractivity contribution is 0.569. The van der Waals surface area contributed by atoms with Crippen molar-refractivity contribution < 1.29 is 0 Å². The van der Waals surface area contributed by atoms with Gasteiger partial charge in [0, 0.05) is 53.9 Å². The smallest absolute Gasteiger partial charge is 0.0988 e. The van der Waals surface area contributed by atoms with Crippen molar-refractivity contribution in [1.29, 1.82) is 5.26 Å². The molecule has 0 saturated heterocycles. The first-order valence-corrected chi connectivity index (χ1v) is 20.1. The predicted octanol–water partition coefficient (Wildman–Crippen LogP) is 12.5. The second-order valence-corrected chi connectivity index (χ2v) is 16.7. The molecule has 2 aliphatic carbocycles. The number of allylic oxidation sites excluding steroid dienone is 3. The van der Waals surface area contributed by atoms with E-state index >= 15 is 0 Å². The van der Waals surface area contributed by atoms with Gasteiger partial charge in [-0.3, -0.25) is 4.99 Å². The minimum absolute atomic E-state index is 0.00855. The summed E-state index contributed by atoms with van der Waals surface area (Å²) in [4.78, 5) is 10.6. The molecule has 2 aliphatic heterocycles. The quantitative estimate of drug-likeness (QED) is 0.195. The van der Waals surface area contributed by atoms with Crippen molar-refractivity contribution in [1.82, 2.24) is 0 Å². The summed E-state index contributed by atoms with van der Waals surface area (Å²) in [7, 11) is 0. The second-order valence-electron chi connectivity index (χ2n) is 15.6. The first kappa shape index (κ1) is 32.8. The average molecular weight is 739 g/mol. The Bertz CT molecular complexity index is 2960. The molecule has 0 saturated carbocycles. The average Bonchev–Trinajstić information content (AvgIpc) is 3.75. The minimum Gasteiger partial charge on any atom is -0.442 e. The largest absolute Gasteiger partial charge is 0.442 e. The van der Waals surface area contributed by atoms with Crippen molar-refractivity contribution in [3.05, 3.63) is 190 Å². The van der Waals surface area contributed by atoms with E-state index in [4.69, 9.17) is 15.3 Å². The normalized spacial score (nSPS) is 20.0. The number of para-hydroxylation sites is 1. The molecular weight excluding hydrogens is 703 g/mol. The number of nitriles is 1. The first-order chi connectivity index (χ1) is 27.5. The number of hydrogen-bond acceptors (Lipinski definition) is 5. The molecule has 0 spiro atoms. The maximum atomic E-state index is 9.57. The van der Waals surface area contributed by atoms with Gasteiger partial charge in [0.2, 0.25) is 0 Å². The van der Waals surface area contributed by atoms with Gasteiger partial charge in [0.05, 0.1) is 24.1 Å². The summed E-state index contributed by atoms with van der Waals surface area (Å²) in [5.41, 5.74) is 13.9. The van der Waals surface area contributed by atoms with Crippen molar-refractivity contribution in [2.45, 2.75) is 37.9 Å². The predicted molar refractivity (Wildman–Crippen MR) is 232 cm³/mol. The molecule has 56 heavy (non-hydrogen) atoms. The summed E-state index contributed by atoms with van der Waals surface area (Å²) in [6, 6.07) is 48.3. The molecule has 11 rings (SSSR count). The summed E-state index contributed by atoms with van der Waals surface area (Å²) in [6.45, 7) is 4.61. The zero-order valence-corrected chi connectivity index (χ0v) is 31.8. The van der Waals surface area contributed by atoms with Gasteiger partial charge in [-0.15, -0.1) is 11.3 Å². The van der Waals surface area contributed by atoms with Crippen LogP contribution in [0.2, 0.25) is 0 Å². The molecule has 0 amide bonds. The Morgan fingerprint density at radius 2 is 1.59 bits per heavy atom. The Labute approximate surface area is 330 Å². The van der Waals surface area contributed by atoms with Crippen LogP contribution in [-0.2, 0) is 5.41 Å². The van der Waals surface area contributed by atoms with Gasteiger partial charge in [-0.25, -0.2) is 0 Å². The third kappa shape index (κ3) is 4.98. The maximum absolute atomic E-state index is 9.57. The number of nitrogens with zero attached hydrogens (tertiary/aromatic N) is 4. The second kappa shape index (κ2) is 12.5. The van der Waals surface area contributed by atoms with Crippen molar-refractivity contribution in [2.75, 3.05) is 5.32 Å². The Morgan fingerprint density at radius 1 is 0.804 bits per heavy atom. The van der Waals surface area contributed by atoms with E-state index in [9.17, 15) is 5.26 Å². The van der Waals surface area contributed by atoms with Crippen molar-refractivity contribution in [3.63, 3.8) is 0 Å². The number of thiophene rings is 1. The lowest BCUT2D eigenvalue weighted by Crippen LogP contribution is -2.26. The molecule has 0 bridgehead atoms. The zero-order valence-electron chi connectivity index (χ0n) is 31.0. The number of fused-ring (bicyclic) bond motifs is 10. The van der Waals surface area contributed by atoms with Crippen molar-refractivity contribution in [2.24, 2.45) is 15.9 Å². The summed E-state index contributed by atoms with van der Waals surface area (Å²) in [5.74, 6) is 1.39. The fraction of sp³-hybridized carbons (Fsp3) is 0.140. The van der Waals surface area contributed by atoms with Gasteiger partial charge >= 0.3 is 0 Å². The van der Waals surface area contributed by atoms with Crippen LogP contribution in [-0.4, -0.2) is 17.8 Å². The fourth-order valence-corrected chi connectivity index (χ4v) is 10.5. The van der Waals surface area contributed by atoms with Crippen LogP contribution in [0.5, 0.6) is 0 Å². The highest BCUT2D eigenvalue weighted by atomic mass is 32.1. The molecule has 6 heteroatoms. The molecule has 5 nitrogen and oxygen atoms in total. The molecule has 1 N–H and O–H groups in total. The number of amidine groups is 2. The van der Waals surface area contributed by atoms with Crippen LogP contribution in [0.15, 0.2) is 161 Å². The van der Waals surface area contributed by atoms with E-state index in [1.807, 2.05) is 23.5 Å². The molecule has 3 heterocycles. The van der Waals surface area contributed by atoms with E-state index in [2.05, 4.69) is 159 Å². The highest BCUT2D eigenvalue weighted by Gasteiger charge is 2.35. The summed E-state index contributed by atoms with van der Waals surface area (Å²) in [6.07, 6.45) is 6.31. The Balaban J connectivity index is 1.09. The highest BCUT2D eigenvalue weighted by molar-refractivity contribution is 7.26. The van der Waals surface area contributed by atoms with E-state index < -0.39 is 0 Å². The molecule has 1 aromatic heterocycles. The van der Waals surface area contributed by atoms with Gasteiger partial charge < -0.3 is 15.6 Å². The van der Waals surface area contributed by atoms with Crippen LogP contribution in [0.4, 0.5) is 5.69 Å². The molecule has 4 aliphatic rings.